The molecule has 0 saturated heterocycles. The highest BCUT2D eigenvalue weighted by atomic mass is 32.2. The van der Waals surface area contributed by atoms with E-state index in [0.29, 0.717) is 12.0 Å². The Hall–Kier alpha value is -2.72. The van der Waals surface area contributed by atoms with E-state index in [0.717, 1.165) is 23.8 Å². The Kier molecular flexibility index (Phi) is 4.08. The molecule has 6 nitrogen and oxygen atoms in total. The van der Waals surface area contributed by atoms with Crippen molar-refractivity contribution in [2.45, 2.75) is 23.8 Å². The number of pyridine rings is 1. The SMILES string of the molecule is CS(=O)(=O)c1cccnc1C(=O)NC1CCc2cc(C#N)ccc21. The van der Waals surface area contributed by atoms with E-state index in [4.69, 9.17) is 5.26 Å². The number of sulfone groups is 1. The number of carbonyl (C=O) groups excluding carboxylic acids is 1. The second-order valence-electron chi connectivity index (χ2n) is 5.71. The summed E-state index contributed by atoms with van der Waals surface area (Å²) in [6.07, 6.45) is 3.91. The molecule has 24 heavy (non-hydrogen) atoms. The van der Waals surface area contributed by atoms with Gasteiger partial charge in [-0.25, -0.2) is 13.4 Å². The largest absolute Gasteiger partial charge is 0.344 e. The molecule has 1 heterocycles. The molecule has 1 amide bonds. The number of aromatic nitrogens is 1. The Bertz CT molecular complexity index is 961. The number of hydrogen-bond donors (Lipinski definition) is 1. The minimum Gasteiger partial charge on any atom is -0.344 e. The van der Waals surface area contributed by atoms with Crippen molar-refractivity contribution in [3.8, 4) is 6.07 Å². The average Bonchev–Trinajstić information content (AvgIpc) is 2.96. The summed E-state index contributed by atoms with van der Waals surface area (Å²) in [5, 5.41) is 11.8. The van der Waals surface area contributed by atoms with Crippen LogP contribution >= 0.6 is 0 Å². The van der Waals surface area contributed by atoms with Crippen LogP contribution in [0.15, 0.2) is 41.4 Å². The van der Waals surface area contributed by atoms with Crippen LogP contribution in [0.2, 0.25) is 0 Å². The van der Waals surface area contributed by atoms with Crippen LogP contribution in [0.4, 0.5) is 0 Å². The highest BCUT2D eigenvalue weighted by Gasteiger charge is 2.27. The molecule has 1 aromatic carbocycles. The van der Waals surface area contributed by atoms with Crippen molar-refractivity contribution in [2.24, 2.45) is 0 Å². The van der Waals surface area contributed by atoms with Gasteiger partial charge in [0, 0.05) is 12.5 Å². The summed E-state index contributed by atoms with van der Waals surface area (Å²) in [6, 6.07) is 10.1. The molecule has 1 unspecified atom stereocenters. The molecule has 0 radical (unpaired) electrons. The molecule has 1 atom stereocenters. The third-order valence-corrected chi connectivity index (χ3v) is 5.17. The molecule has 1 N–H and O–H groups in total. The van der Waals surface area contributed by atoms with Crippen molar-refractivity contribution >= 4 is 15.7 Å². The minimum absolute atomic E-state index is 0.0828. The van der Waals surface area contributed by atoms with Gasteiger partial charge in [-0.05, 0) is 48.2 Å². The number of nitrogens with one attached hydrogen (secondary N) is 1. The zero-order valence-corrected chi connectivity index (χ0v) is 13.8. The molecule has 2 aromatic rings. The molecule has 0 spiro atoms. The smallest absolute Gasteiger partial charge is 0.271 e. The third kappa shape index (κ3) is 3.01. The number of nitriles is 1. The second kappa shape index (κ2) is 6.06. The standard InChI is InChI=1S/C17H15N3O3S/c1-24(22,23)15-3-2-8-19-16(15)17(21)20-14-7-5-12-9-11(10-18)4-6-13(12)14/h2-4,6,8-9,14H,5,7H2,1H3,(H,20,21). The molecule has 0 bridgehead atoms. The van der Waals surface area contributed by atoms with Gasteiger partial charge in [-0.2, -0.15) is 5.26 Å². The predicted octanol–water partition coefficient (Wildman–Crippen LogP) is 1.77. The topological polar surface area (TPSA) is 99.9 Å². The summed E-state index contributed by atoms with van der Waals surface area (Å²) in [4.78, 5) is 16.4. The van der Waals surface area contributed by atoms with Gasteiger partial charge in [0.2, 0.25) is 0 Å². The number of nitrogens with zero attached hydrogens (tertiary/aromatic N) is 2. The van der Waals surface area contributed by atoms with Crippen molar-refractivity contribution in [2.75, 3.05) is 6.26 Å². The Morgan fingerprint density at radius 2 is 2.17 bits per heavy atom. The van der Waals surface area contributed by atoms with Crippen molar-refractivity contribution in [3.05, 3.63) is 58.9 Å². The summed E-state index contributed by atoms with van der Waals surface area (Å²) < 4.78 is 23.6. The quantitative estimate of drug-likeness (QED) is 0.917. The monoisotopic (exact) mass is 341 g/mol. The Morgan fingerprint density at radius 3 is 2.88 bits per heavy atom. The summed E-state index contributed by atoms with van der Waals surface area (Å²) in [6.45, 7) is 0. The number of hydrogen-bond acceptors (Lipinski definition) is 5. The lowest BCUT2D eigenvalue weighted by Crippen LogP contribution is -2.29. The second-order valence-corrected chi connectivity index (χ2v) is 7.70. The molecule has 1 aliphatic carbocycles. The van der Waals surface area contributed by atoms with E-state index in [1.54, 1.807) is 6.07 Å². The van der Waals surface area contributed by atoms with Gasteiger partial charge in [-0.3, -0.25) is 4.79 Å². The maximum Gasteiger partial charge on any atom is 0.271 e. The lowest BCUT2D eigenvalue weighted by molar-refractivity contribution is 0.0928. The number of fused-ring (bicyclic) bond motifs is 1. The number of rotatable bonds is 3. The zero-order chi connectivity index (χ0) is 17.3. The fraction of sp³-hybridized carbons (Fsp3) is 0.235. The Morgan fingerprint density at radius 1 is 1.38 bits per heavy atom. The van der Waals surface area contributed by atoms with Crippen molar-refractivity contribution < 1.29 is 13.2 Å². The number of amides is 1. The molecular formula is C17H15N3O3S. The van der Waals surface area contributed by atoms with Crippen LogP contribution in [0.3, 0.4) is 0 Å². The summed E-state index contributed by atoms with van der Waals surface area (Å²) >= 11 is 0. The zero-order valence-electron chi connectivity index (χ0n) is 13.0. The van der Waals surface area contributed by atoms with E-state index in [1.807, 2.05) is 12.1 Å². The maximum absolute atomic E-state index is 12.5. The third-order valence-electron chi connectivity index (χ3n) is 4.04. The number of benzene rings is 1. The van der Waals surface area contributed by atoms with Gasteiger partial charge in [0.15, 0.2) is 9.84 Å². The van der Waals surface area contributed by atoms with Gasteiger partial charge in [-0.1, -0.05) is 6.07 Å². The molecular weight excluding hydrogens is 326 g/mol. The molecule has 122 valence electrons. The van der Waals surface area contributed by atoms with Gasteiger partial charge in [0.1, 0.15) is 5.69 Å². The van der Waals surface area contributed by atoms with Crippen LogP contribution in [0.5, 0.6) is 0 Å². The molecule has 1 aromatic heterocycles. The highest BCUT2D eigenvalue weighted by molar-refractivity contribution is 7.90. The first-order valence-electron chi connectivity index (χ1n) is 7.39. The van der Waals surface area contributed by atoms with E-state index >= 15 is 0 Å². The molecule has 0 aliphatic heterocycles. The Balaban J connectivity index is 1.88. The first-order valence-corrected chi connectivity index (χ1v) is 9.28. The molecule has 0 saturated carbocycles. The number of aryl methyl sites for hydroxylation is 1. The van der Waals surface area contributed by atoms with Crippen LogP contribution in [0.1, 0.15) is 39.6 Å². The maximum atomic E-state index is 12.5. The van der Waals surface area contributed by atoms with Gasteiger partial charge in [0.25, 0.3) is 5.91 Å². The molecule has 1 aliphatic rings. The first-order chi connectivity index (χ1) is 11.4. The predicted molar refractivity (Wildman–Crippen MR) is 87.0 cm³/mol. The van der Waals surface area contributed by atoms with E-state index in [-0.39, 0.29) is 16.6 Å². The summed E-state index contributed by atoms with van der Waals surface area (Å²) in [7, 11) is -3.54. The fourth-order valence-corrected chi connectivity index (χ4v) is 3.75. The van der Waals surface area contributed by atoms with Gasteiger partial charge in [-0.15, -0.1) is 0 Å². The van der Waals surface area contributed by atoms with Crippen molar-refractivity contribution in [1.29, 1.82) is 5.26 Å². The van der Waals surface area contributed by atoms with E-state index < -0.39 is 15.7 Å². The average molecular weight is 341 g/mol. The van der Waals surface area contributed by atoms with E-state index in [2.05, 4.69) is 16.4 Å². The summed E-state index contributed by atoms with van der Waals surface area (Å²) in [5.41, 5.74) is 2.48. The first kappa shape index (κ1) is 16.1. The highest BCUT2D eigenvalue weighted by Crippen LogP contribution is 2.32. The Labute approximate surface area is 140 Å². The van der Waals surface area contributed by atoms with E-state index in [1.165, 1.54) is 18.3 Å². The minimum atomic E-state index is -3.54. The fourth-order valence-electron chi connectivity index (χ4n) is 2.92. The molecule has 7 heteroatoms. The molecule has 0 fully saturated rings. The van der Waals surface area contributed by atoms with Crippen LogP contribution in [0, 0.1) is 11.3 Å². The number of carbonyl (C=O) groups is 1. The van der Waals surface area contributed by atoms with Gasteiger partial charge >= 0.3 is 0 Å². The van der Waals surface area contributed by atoms with Crippen LogP contribution < -0.4 is 5.32 Å². The van der Waals surface area contributed by atoms with Crippen LogP contribution in [-0.2, 0) is 16.3 Å². The van der Waals surface area contributed by atoms with Crippen molar-refractivity contribution in [1.82, 2.24) is 10.3 Å². The van der Waals surface area contributed by atoms with Gasteiger partial charge in [0.05, 0.1) is 22.6 Å². The lowest BCUT2D eigenvalue weighted by Gasteiger charge is -2.15. The lowest BCUT2D eigenvalue weighted by atomic mass is 10.1. The van der Waals surface area contributed by atoms with Crippen LogP contribution in [-0.4, -0.2) is 25.6 Å². The molecule has 3 rings (SSSR count). The van der Waals surface area contributed by atoms with Gasteiger partial charge < -0.3 is 5.32 Å². The summed E-state index contributed by atoms with van der Waals surface area (Å²) in [5.74, 6) is -0.516. The van der Waals surface area contributed by atoms with Crippen molar-refractivity contribution in [3.63, 3.8) is 0 Å². The van der Waals surface area contributed by atoms with Crippen LogP contribution in [0.25, 0.3) is 0 Å². The normalized spacial score (nSPS) is 16.2. The van der Waals surface area contributed by atoms with E-state index in [9.17, 15) is 13.2 Å².